The van der Waals surface area contributed by atoms with Crippen LogP contribution in [0.1, 0.15) is 17.5 Å². The molecule has 18 heavy (non-hydrogen) atoms. The van der Waals surface area contributed by atoms with Crippen molar-refractivity contribution in [1.82, 2.24) is 9.97 Å². The van der Waals surface area contributed by atoms with Crippen molar-refractivity contribution < 1.29 is 9.53 Å². The molecule has 0 saturated carbocycles. The van der Waals surface area contributed by atoms with Crippen LogP contribution in [0.4, 0.5) is 0 Å². The predicted octanol–water partition coefficient (Wildman–Crippen LogP) is 3.88. The molecule has 0 N–H and O–H groups in total. The van der Waals surface area contributed by atoms with E-state index < -0.39 is 5.97 Å². The fourth-order valence-electron chi connectivity index (χ4n) is 1.41. The predicted molar refractivity (Wildman–Crippen MR) is 73.2 cm³/mol. The van der Waals surface area contributed by atoms with Crippen molar-refractivity contribution in [2.45, 2.75) is 6.92 Å². The molecule has 0 bridgehead atoms. The van der Waals surface area contributed by atoms with E-state index in [-0.39, 0.29) is 17.6 Å². The van der Waals surface area contributed by atoms with E-state index in [1.807, 2.05) is 0 Å². The van der Waals surface area contributed by atoms with Crippen LogP contribution in [0.5, 0.6) is 0 Å². The van der Waals surface area contributed by atoms with E-state index in [2.05, 4.69) is 25.9 Å². The smallest absolute Gasteiger partial charge is 0.376 e. The van der Waals surface area contributed by atoms with Gasteiger partial charge >= 0.3 is 5.97 Å². The summed E-state index contributed by atoms with van der Waals surface area (Å²) in [5.74, 6) is -0.723. The average molecular weight is 350 g/mol. The highest BCUT2D eigenvalue weighted by molar-refractivity contribution is 9.10. The van der Waals surface area contributed by atoms with Crippen molar-refractivity contribution in [3.05, 3.63) is 32.6 Å². The van der Waals surface area contributed by atoms with Gasteiger partial charge in [0.25, 0.3) is 0 Å². The van der Waals surface area contributed by atoms with E-state index in [9.17, 15) is 4.79 Å². The lowest BCUT2D eigenvalue weighted by molar-refractivity contribution is 0.0512. The number of esters is 1. The number of ether oxygens (including phenoxy) is 1. The molecular weight excluding hydrogens is 343 g/mol. The molecule has 2 rings (SSSR count). The second kappa shape index (κ2) is 5.38. The number of fused-ring (bicyclic) bond motifs is 1. The van der Waals surface area contributed by atoms with Crippen LogP contribution in [0.2, 0.25) is 10.2 Å². The summed E-state index contributed by atoms with van der Waals surface area (Å²) >= 11 is 15.4. The first-order chi connectivity index (χ1) is 8.52. The maximum absolute atomic E-state index is 11.6. The van der Waals surface area contributed by atoms with E-state index in [0.29, 0.717) is 15.9 Å². The molecule has 0 spiro atoms. The van der Waals surface area contributed by atoms with E-state index in [0.717, 1.165) is 4.47 Å². The van der Waals surface area contributed by atoms with Crippen LogP contribution in [0.3, 0.4) is 0 Å². The number of nitrogens with zero attached hydrogens (tertiary/aromatic N) is 2. The number of aromatic nitrogens is 2. The molecule has 7 heteroatoms. The van der Waals surface area contributed by atoms with Gasteiger partial charge in [-0.25, -0.2) is 14.8 Å². The Balaban J connectivity index is 2.65. The van der Waals surface area contributed by atoms with Crippen LogP contribution in [0.25, 0.3) is 10.9 Å². The lowest BCUT2D eigenvalue weighted by Gasteiger charge is -2.06. The standard InChI is InChI=1S/C11H7BrCl2N2O2/c1-2-18-11(17)10-15-8-6(9(14)16-10)3-5(12)4-7(8)13/h3-4H,2H2,1H3. The van der Waals surface area contributed by atoms with Gasteiger partial charge in [-0.05, 0) is 19.1 Å². The molecule has 0 amide bonds. The SMILES string of the molecule is CCOC(=O)c1nc(Cl)c2cc(Br)cc(Cl)c2n1. The molecule has 1 aromatic heterocycles. The Labute approximate surface area is 121 Å². The minimum absolute atomic E-state index is 0.0985. The number of halogens is 3. The highest BCUT2D eigenvalue weighted by atomic mass is 79.9. The summed E-state index contributed by atoms with van der Waals surface area (Å²) in [5, 5.41) is 1.12. The molecular formula is C11H7BrCl2N2O2. The van der Waals surface area contributed by atoms with E-state index in [4.69, 9.17) is 27.9 Å². The summed E-state index contributed by atoms with van der Waals surface area (Å²) in [6.45, 7) is 1.94. The van der Waals surface area contributed by atoms with E-state index in [1.165, 1.54) is 0 Å². The molecule has 0 unspecified atom stereocenters. The molecule has 1 heterocycles. The molecule has 0 saturated heterocycles. The molecule has 0 aliphatic carbocycles. The first kappa shape index (κ1) is 13.5. The highest BCUT2D eigenvalue weighted by Gasteiger charge is 2.16. The largest absolute Gasteiger partial charge is 0.460 e. The quantitative estimate of drug-likeness (QED) is 0.610. The molecule has 0 aliphatic heterocycles. The molecule has 4 nitrogen and oxygen atoms in total. The maximum atomic E-state index is 11.6. The monoisotopic (exact) mass is 348 g/mol. The van der Waals surface area contributed by atoms with Crippen LogP contribution >= 0.6 is 39.1 Å². The van der Waals surface area contributed by atoms with Crippen LogP contribution < -0.4 is 0 Å². The Hall–Kier alpha value is -0.910. The van der Waals surface area contributed by atoms with Gasteiger partial charge in [-0.3, -0.25) is 0 Å². The zero-order valence-electron chi connectivity index (χ0n) is 9.21. The van der Waals surface area contributed by atoms with Gasteiger partial charge in [0, 0.05) is 9.86 Å². The molecule has 0 radical (unpaired) electrons. The van der Waals surface area contributed by atoms with Gasteiger partial charge in [-0.15, -0.1) is 0 Å². The zero-order chi connectivity index (χ0) is 13.3. The van der Waals surface area contributed by atoms with Gasteiger partial charge in [0.15, 0.2) is 0 Å². The first-order valence-corrected chi connectivity index (χ1v) is 6.57. The van der Waals surface area contributed by atoms with E-state index in [1.54, 1.807) is 19.1 Å². The minimum Gasteiger partial charge on any atom is -0.460 e. The first-order valence-electron chi connectivity index (χ1n) is 5.02. The second-order valence-corrected chi connectivity index (χ2v) is 5.02. The topological polar surface area (TPSA) is 52.1 Å². The second-order valence-electron chi connectivity index (χ2n) is 3.34. The molecule has 94 valence electrons. The van der Waals surface area contributed by atoms with Crippen LogP contribution in [0, 0.1) is 0 Å². The van der Waals surface area contributed by atoms with Crippen molar-refractivity contribution >= 4 is 56.0 Å². The number of carbonyl (C=O) groups is 1. The third kappa shape index (κ3) is 2.58. The summed E-state index contributed by atoms with van der Waals surface area (Å²) in [6, 6.07) is 3.40. The summed E-state index contributed by atoms with van der Waals surface area (Å²) in [5.41, 5.74) is 0.419. The molecule has 2 aromatic rings. The van der Waals surface area contributed by atoms with E-state index >= 15 is 0 Å². The Morgan fingerprint density at radius 3 is 2.78 bits per heavy atom. The van der Waals surface area contributed by atoms with Crippen LogP contribution in [0.15, 0.2) is 16.6 Å². The minimum atomic E-state index is -0.625. The lowest BCUT2D eigenvalue weighted by Crippen LogP contribution is -2.10. The van der Waals surface area contributed by atoms with Gasteiger partial charge in [-0.1, -0.05) is 39.1 Å². The molecule has 0 aliphatic rings. The van der Waals surface area contributed by atoms with Gasteiger partial charge in [0.2, 0.25) is 5.82 Å². The Kier molecular flexibility index (Phi) is 4.04. The third-order valence-electron chi connectivity index (χ3n) is 2.13. The van der Waals surface area contributed by atoms with Gasteiger partial charge in [-0.2, -0.15) is 0 Å². The Bertz CT molecular complexity index is 634. The van der Waals surface area contributed by atoms with Crippen molar-refractivity contribution in [2.24, 2.45) is 0 Å². The fraction of sp³-hybridized carbons (Fsp3) is 0.182. The fourth-order valence-corrected chi connectivity index (χ4v) is 2.48. The van der Waals surface area contributed by atoms with Crippen LogP contribution in [-0.2, 0) is 4.74 Å². The normalized spacial score (nSPS) is 10.7. The summed E-state index contributed by atoms with van der Waals surface area (Å²) in [4.78, 5) is 19.5. The number of benzene rings is 1. The van der Waals surface area contributed by atoms with Gasteiger partial charge < -0.3 is 4.74 Å². The molecule has 1 aromatic carbocycles. The van der Waals surface area contributed by atoms with Gasteiger partial charge in [0.1, 0.15) is 5.15 Å². The highest BCUT2D eigenvalue weighted by Crippen LogP contribution is 2.30. The maximum Gasteiger partial charge on any atom is 0.376 e. The van der Waals surface area contributed by atoms with Crippen molar-refractivity contribution in [1.29, 1.82) is 0 Å². The van der Waals surface area contributed by atoms with Crippen molar-refractivity contribution in [3.63, 3.8) is 0 Å². The number of carbonyl (C=O) groups excluding carboxylic acids is 1. The number of hydrogen-bond donors (Lipinski definition) is 0. The zero-order valence-corrected chi connectivity index (χ0v) is 12.3. The van der Waals surface area contributed by atoms with Crippen LogP contribution in [-0.4, -0.2) is 22.5 Å². The lowest BCUT2D eigenvalue weighted by atomic mass is 10.2. The molecule has 0 atom stereocenters. The molecule has 0 fully saturated rings. The van der Waals surface area contributed by atoms with Crippen molar-refractivity contribution in [2.75, 3.05) is 6.61 Å². The third-order valence-corrected chi connectivity index (χ3v) is 3.16. The Morgan fingerprint density at radius 2 is 2.11 bits per heavy atom. The number of hydrogen-bond acceptors (Lipinski definition) is 4. The van der Waals surface area contributed by atoms with Gasteiger partial charge in [0.05, 0.1) is 17.1 Å². The summed E-state index contributed by atoms with van der Waals surface area (Å²) in [6.07, 6.45) is 0. The summed E-state index contributed by atoms with van der Waals surface area (Å²) < 4.78 is 5.58. The Morgan fingerprint density at radius 1 is 1.39 bits per heavy atom. The number of rotatable bonds is 2. The van der Waals surface area contributed by atoms with Crippen molar-refractivity contribution in [3.8, 4) is 0 Å². The average Bonchev–Trinajstić information content (AvgIpc) is 2.30. The summed E-state index contributed by atoms with van der Waals surface area (Å²) in [7, 11) is 0.